The van der Waals surface area contributed by atoms with Gasteiger partial charge in [0.1, 0.15) is 29.1 Å². The molecule has 0 radical (unpaired) electrons. The number of amidine groups is 1. The highest BCUT2D eigenvalue weighted by Gasteiger charge is 2.57. The summed E-state index contributed by atoms with van der Waals surface area (Å²) in [5.74, 6) is -5.55. The number of hydrogen-bond donors (Lipinski definition) is 2. The fraction of sp³-hybridized carbons (Fsp3) is 0.235. The molecule has 0 aromatic carbocycles. The van der Waals surface area contributed by atoms with Crippen LogP contribution in [0.1, 0.15) is 28.7 Å². The number of carbonyl (C=O) groups is 1. The summed E-state index contributed by atoms with van der Waals surface area (Å²) in [5, 5.41) is 11.1. The predicted molar refractivity (Wildman–Crippen MR) is 91.0 cm³/mol. The van der Waals surface area contributed by atoms with E-state index in [1.54, 1.807) is 0 Å². The Morgan fingerprint density at radius 3 is 2.75 bits per heavy atom. The first-order valence-corrected chi connectivity index (χ1v) is 7.87. The predicted octanol–water partition coefficient (Wildman–Crippen LogP) is 1.94. The average molecular weight is 390 g/mol. The number of alkyl halides is 2. The second-order valence-corrected chi connectivity index (χ2v) is 6.04. The molecule has 0 saturated heterocycles. The smallest absolute Gasteiger partial charge is 0.311 e. The molecule has 11 heteroatoms. The van der Waals surface area contributed by atoms with E-state index in [0.717, 1.165) is 19.1 Å². The van der Waals surface area contributed by atoms with E-state index < -0.39 is 41.5 Å². The van der Waals surface area contributed by atoms with Crippen LogP contribution in [0.4, 0.5) is 19.0 Å². The van der Waals surface area contributed by atoms with E-state index in [9.17, 15) is 18.0 Å². The lowest BCUT2D eigenvalue weighted by Gasteiger charge is -2.36. The van der Waals surface area contributed by atoms with Crippen molar-refractivity contribution in [1.82, 2.24) is 9.97 Å². The van der Waals surface area contributed by atoms with Gasteiger partial charge in [-0.05, 0) is 31.2 Å². The summed E-state index contributed by atoms with van der Waals surface area (Å²) in [6.45, 7) is -0.118. The highest BCUT2D eigenvalue weighted by molar-refractivity contribution is 6.02. The van der Waals surface area contributed by atoms with Crippen molar-refractivity contribution < 1.29 is 22.7 Å². The Hall–Kier alpha value is -3.68. The van der Waals surface area contributed by atoms with Crippen molar-refractivity contribution in [2.45, 2.75) is 18.4 Å². The first kappa shape index (κ1) is 19.1. The molecule has 1 atom stereocenters. The van der Waals surface area contributed by atoms with Crippen LogP contribution in [0.3, 0.4) is 0 Å². The van der Waals surface area contributed by atoms with E-state index in [1.807, 2.05) is 6.07 Å². The van der Waals surface area contributed by atoms with Gasteiger partial charge in [0, 0.05) is 6.20 Å². The minimum absolute atomic E-state index is 0.0449. The third kappa shape index (κ3) is 3.32. The molecule has 1 unspecified atom stereocenters. The number of nitrogens with one attached hydrogen (secondary N) is 1. The van der Waals surface area contributed by atoms with E-state index in [4.69, 9.17) is 11.0 Å². The zero-order valence-electron chi connectivity index (χ0n) is 14.4. The van der Waals surface area contributed by atoms with E-state index in [1.165, 1.54) is 18.3 Å². The van der Waals surface area contributed by atoms with Gasteiger partial charge >= 0.3 is 5.92 Å². The van der Waals surface area contributed by atoms with Crippen molar-refractivity contribution in [2.75, 3.05) is 11.9 Å². The number of pyridine rings is 2. The molecule has 1 aliphatic rings. The number of carbonyl (C=O) groups excluding carboxylic acids is 1. The van der Waals surface area contributed by atoms with Gasteiger partial charge in [-0.1, -0.05) is 0 Å². The molecule has 28 heavy (non-hydrogen) atoms. The number of halogens is 3. The Labute approximate surface area is 156 Å². The molecule has 3 N–H and O–H groups in total. The van der Waals surface area contributed by atoms with Crippen LogP contribution in [-0.2, 0) is 10.3 Å². The molecular weight excluding hydrogens is 377 g/mol. The van der Waals surface area contributed by atoms with E-state index >= 15 is 0 Å². The Morgan fingerprint density at radius 2 is 2.11 bits per heavy atom. The largest absolute Gasteiger partial charge is 0.459 e. The van der Waals surface area contributed by atoms with Gasteiger partial charge in [-0.15, -0.1) is 0 Å². The number of nitrogens with two attached hydrogens (primary N) is 1. The second kappa shape index (κ2) is 6.80. The van der Waals surface area contributed by atoms with Crippen LogP contribution < -0.4 is 11.1 Å². The summed E-state index contributed by atoms with van der Waals surface area (Å²) in [6, 6.07) is 6.01. The highest BCUT2D eigenvalue weighted by Crippen LogP contribution is 2.43. The topological polar surface area (TPSA) is 126 Å². The first-order valence-electron chi connectivity index (χ1n) is 7.87. The van der Waals surface area contributed by atoms with Crippen LogP contribution >= 0.6 is 0 Å². The Kier molecular flexibility index (Phi) is 4.64. The SMILES string of the molecule is CC1(c2nc(NC(=O)c3ccc(C#N)cn3)ccc2F)N=C(N)OCC1(F)F. The van der Waals surface area contributed by atoms with Gasteiger partial charge in [0.2, 0.25) is 0 Å². The molecule has 0 fully saturated rings. The van der Waals surface area contributed by atoms with Crippen molar-refractivity contribution in [3.8, 4) is 6.07 Å². The zero-order chi connectivity index (χ0) is 20.5. The van der Waals surface area contributed by atoms with Crippen molar-refractivity contribution >= 4 is 17.7 Å². The number of rotatable bonds is 3. The second-order valence-electron chi connectivity index (χ2n) is 6.04. The summed E-state index contributed by atoms with van der Waals surface area (Å²) in [5.41, 5.74) is 2.47. The third-order valence-corrected chi connectivity index (χ3v) is 4.12. The number of ether oxygens (including phenoxy) is 1. The standard InChI is InChI=1S/C17H13F3N6O2/c1-16(17(19,20)8-28-15(22)26-16)13-10(18)3-5-12(24-13)25-14(27)11-4-2-9(6-21)7-23-11/h2-5,7H,8H2,1H3,(H2,22,26)(H,24,25,27). The number of nitrogens with zero attached hydrogens (tertiary/aromatic N) is 4. The highest BCUT2D eigenvalue weighted by atomic mass is 19.3. The van der Waals surface area contributed by atoms with Gasteiger partial charge < -0.3 is 15.8 Å². The van der Waals surface area contributed by atoms with E-state index in [2.05, 4.69) is 25.0 Å². The molecule has 0 spiro atoms. The number of aliphatic imine (C=N–C) groups is 1. The average Bonchev–Trinajstić information content (AvgIpc) is 2.66. The summed E-state index contributed by atoms with van der Waals surface area (Å²) < 4.78 is 47.7. The molecule has 2 aromatic heterocycles. The lowest BCUT2D eigenvalue weighted by atomic mass is 9.89. The number of nitriles is 1. The maximum absolute atomic E-state index is 14.4. The fourth-order valence-corrected chi connectivity index (χ4v) is 2.49. The van der Waals surface area contributed by atoms with Crippen LogP contribution in [0.25, 0.3) is 0 Å². The number of aromatic nitrogens is 2. The summed E-state index contributed by atoms with van der Waals surface area (Å²) in [6.07, 6.45) is 1.19. The van der Waals surface area contributed by atoms with Crippen LogP contribution in [0.2, 0.25) is 0 Å². The Morgan fingerprint density at radius 1 is 1.36 bits per heavy atom. The van der Waals surface area contributed by atoms with Crippen LogP contribution in [0.5, 0.6) is 0 Å². The quantitative estimate of drug-likeness (QED) is 0.825. The Balaban J connectivity index is 1.94. The molecule has 3 heterocycles. The van der Waals surface area contributed by atoms with Crippen molar-refractivity contribution in [3.63, 3.8) is 0 Å². The van der Waals surface area contributed by atoms with E-state index in [-0.39, 0.29) is 17.1 Å². The van der Waals surface area contributed by atoms with Crippen LogP contribution in [0, 0.1) is 17.1 Å². The van der Waals surface area contributed by atoms with Crippen molar-refractivity contribution in [1.29, 1.82) is 5.26 Å². The third-order valence-electron chi connectivity index (χ3n) is 4.12. The van der Waals surface area contributed by atoms with Gasteiger partial charge in [0.15, 0.2) is 12.1 Å². The van der Waals surface area contributed by atoms with Gasteiger partial charge in [0.25, 0.3) is 11.9 Å². The molecule has 1 amide bonds. The molecule has 0 aliphatic carbocycles. The number of hydrogen-bond acceptors (Lipinski definition) is 7. The number of amides is 1. The van der Waals surface area contributed by atoms with Crippen LogP contribution in [0.15, 0.2) is 35.5 Å². The molecule has 3 rings (SSSR count). The minimum atomic E-state index is -3.60. The molecule has 0 bridgehead atoms. The van der Waals surface area contributed by atoms with Gasteiger partial charge in [-0.25, -0.2) is 19.4 Å². The van der Waals surface area contributed by atoms with Gasteiger partial charge in [-0.3, -0.25) is 4.79 Å². The molecule has 8 nitrogen and oxygen atoms in total. The maximum atomic E-state index is 14.4. The monoisotopic (exact) mass is 390 g/mol. The minimum Gasteiger partial charge on any atom is -0.459 e. The fourth-order valence-electron chi connectivity index (χ4n) is 2.49. The summed E-state index contributed by atoms with van der Waals surface area (Å²) in [7, 11) is 0. The first-order chi connectivity index (χ1) is 13.2. The molecule has 2 aromatic rings. The molecule has 1 aliphatic heterocycles. The van der Waals surface area contributed by atoms with Crippen molar-refractivity contribution in [3.05, 3.63) is 53.2 Å². The zero-order valence-corrected chi connectivity index (χ0v) is 14.4. The maximum Gasteiger partial charge on any atom is 0.311 e. The lowest BCUT2D eigenvalue weighted by Crippen LogP contribution is -2.51. The normalized spacial score (nSPS) is 20.5. The molecule has 144 valence electrons. The summed E-state index contributed by atoms with van der Waals surface area (Å²) in [4.78, 5) is 23.4. The lowest BCUT2D eigenvalue weighted by molar-refractivity contribution is -0.118. The van der Waals surface area contributed by atoms with Gasteiger partial charge in [-0.2, -0.15) is 14.0 Å². The van der Waals surface area contributed by atoms with Crippen molar-refractivity contribution in [2.24, 2.45) is 10.7 Å². The van der Waals surface area contributed by atoms with Crippen LogP contribution in [-0.4, -0.2) is 34.4 Å². The molecule has 0 saturated carbocycles. The summed E-state index contributed by atoms with van der Waals surface area (Å²) >= 11 is 0. The molecular formula is C17H13F3N6O2. The van der Waals surface area contributed by atoms with E-state index in [0.29, 0.717) is 0 Å². The number of anilines is 1. The Bertz CT molecular complexity index is 1000. The van der Waals surface area contributed by atoms with Gasteiger partial charge in [0.05, 0.1) is 5.56 Å².